The van der Waals surface area contributed by atoms with E-state index in [0.29, 0.717) is 11.3 Å². The predicted octanol–water partition coefficient (Wildman–Crippen LogP) is 5.47. The van der Waals surface area contributed by atoms with Crippen LogP contribution < -0.4 is 10.2 Å². The minimum absolute atomic E-state index is 0.0138. The summed E-state index contributed by atoms with van der Waals surface area (Å²) in [7, 11) is 1.09. The molecule has 2 heterocycles. The molecular formula is C27H32F5NO6. The van der Waals surface area contributed by atoms with E-state index in [2.05, 4.69) is 4.98 Å². The minimum atomic E-state index is -4.81. The third-order valence-electron chi connectivity index (χ3n) is 7.29. The number of aryl methyl sites for hydroxylation is 1. The summed E-state index contributed by atoms with van der Waals surface area (Å²) in [6.45, 7) is 7.05. The number of methoxy groups -OCH3 is 1. The number of H-pyrrole nitrogens is 1. The number of esters is 1. The van der Waals surface area contributed by atoms with Crippen molar-refractivity contribution in [3.8, 4) is 5.75 Å². The van der Waals surface area contributed by atoms with Crippen LogP contribution in [0.2, 0.25) is 0 Å². The average Bonchev–Trinajstić information content (AvgIpc) is 3.12. The van der Waals surface area contributed by atoms with Gasteiger partial charge in [0.2, 0.25) is 5.82 Å². The van der Waals surface area contributed by atoms with Gasteiger partial charge in [-0.2, -0.15) is 17.6 Å². The van der Waals surface area contributed by atoms with E-state index in [9.17, 15) is 31.5 Å². The molecule has 3 rings (SSSR count). The summed E-state index contributed by atoms with van der Waals surface area (Å²) in [4.78, 5) is 27.7. The lowest BCUT2D eigenvalue weighted by molar-refractivity contribution is -0.275. The number of aromatic amines is 1. The Kier molecular flexibility index (Phi) is 9.11. The second-order valence-corrected chi connectivity index (χ2v) is 9.79. The molecular weight excluding hydrogens is 529 g/mol. The molecule has 5 atom stereocenters. The summed E-state index contributed by atoms with van der Waals surface area (Å²) in [5.41, 5.74) is -2.47. The van der Waals surface area contributed by atoms with Crippen LogP contribution in [0.3, 0.4) is 0 Å². The Morgan fingerprint density at radius 3 is 2.49 bits per heavy atom. The molecule has 2 aromatic rings. The molecule has 1 aliphatic heterocycles. The Balaban J connectivity index is 2.04. The van der Waals surface area contributed by atoms with Crippen molar-refractivity contribution in [3.05, 3.63) is 62.6 Å². The molecule has 216 valence electrons. The van der Waals surface area contributed by atoms with Gasteiger partial charge in [0.25, 0.3) is 0 Å². The van der Waals surface area contributed by atoms with E-state index in [1.54, 1.807) is 20.8 Å². The Labute approximate surface area is 222 Å². The maximum absolute atomic E-state index is 14.6. The van der Waals surface area contributed by atoms with Crippen molar-refractivity contribution < 1.29 is 45.7 Å². The quantitative estimate of drug-likeness (QED) is 0.323. The zero-order valence-corrected chi connectivity index (χ0v) is 22.5. The first kappa shape index (κ1) is 30.6. The normalized spacial score (nSPS) is 24.0. The largest absolute Gasteiger partial charge is 0.493 e. The van der Waals surface area contributed by atoms with Gasteiger partial charge in [0.1, 0.15) is 12.7 Å². The van der Waals surface area contributed by atoms with Gasteiger partial charge in [-0.25, -0.2) is 9.18 Å². The minimum Gasteiger partial charge on any atom is -0.493 e. The molecule has 39 heavy (non-hydrogen) atoms. The highest BCUT2D eigenvalue weighted by atomic mass is 19.4. The van der Waals surface area contributed by atoms with Crippen LogP contribution >= 0.6 is 0 Å². The Morgan fingerprint density at radius 2 is 1.92 bits per heavy atom. The number of hydrogen-bond donors (Lipinski definition) is 1. The monoisotopic (exact) mass is 561 g/mol. The molecule has 1 aromatic carbocycles. The SMILES string of the molecule is CCOC(=O)COCC(C)c1c(C)[nH]c([C@@H]2O[C@@](C)(C(F)(F)F)[C@@H](C)[C@H]2c2ccc(F)c(F)c2OC)cc1=O. The lowest BCUT2D eigenvalue weighted by Crippen LogP contribution is -2.46. The standard InChI is InChI=1S/C27H32F5NO6/c1-7-38-20(35)12-37-11-13(2)21-15(4)33-18(10-19(21)34)25-22(14(3)26(5,39-25)27(30,31)32)16-8-9-17(28)23(29)24(16)36-6/h8-10,13-14,22,25H,7,11-12H2,1-6H3,(H,33,34)/t13?,14-,22-,25-,26+/m0/s1. The second kappa shape index (κ2) is 11.6. The number of ether oxygens (including phenoxy) is 4. The first-order valence-corrected chi connectivity index (χ1v) is 12.4. The Morgan fingerprint density at radius 1 is 1.26 bits per heavy atom. The molecule has 0 bridgehead atoms. The van der Waals surface area contributed by atoms with Gasteiger partial charge in [-0.05, 0) is 26.8 Å². The van der Waals surface area contributed by atoms with Crippen molar-refractivity contribution in [2.45, 2.75) is 64.3 Å². The molecule has 0 spiro atoms. The molecule has 1 saturated heterocycles. The molecule has 0 saturated carbocycles. The summed E-state index contributed by atoms with van der Waals surface area (Å²) in [6.07, 6.45) is -6.19. The first-order valence-electron chi connectivity index (χ1n) is 12.4. The first-order chi connectivity index (χ1) is 18.2. The molecule has 0 radical (unpaired) electrons. The molecule has 12 heteroatoms. The summed E-state index contributed by atoms with van der Waals surface area (Å²) in [6, 6.07) is 3.12. The molecule has 1 aromatic heterocycles. The number of nitrogens with one attached hydrogen (secondary N) is 1. The maximum atomic E-state index is 14.6. The summed E-state index contributed by atoms with van der Waals surface area (Å²) >= 11 is 0. The van der Waals surface area contributed by atoms with Crippen LogP contribution in [0, 0.1) is 24.5 Å². The van der Waals surface area contributed by atoms with Crippen LogP contribution in [0.25, 0.3) is 0 Å². The van der Waals surface area contributed by atoms with Crippen LogP contribution in [0.4, 0.5) is 22.0 Å². The summed E-state index contributed by atoms with van der Waals surface area (Å²) in [5, 5.41) is 0. The Hall–Kier alpha value is -2.99. The van der Waals surface area contributed by atoms with Crippen LogP contribution in [0.15, 0.2) is 23.0 Å². The molecule has 7 nitrogen and oxygen atoms in total. The number of pyridine rings is 1. The van der Waals surface area contributed by atoms with E-state index in [4.69, 9.17) is 18.9 Å². The molecule has 1 aliphatic rings. The number of aromatic nitrogens is 1. The topological polar surface area (TPSA) is 86.8 Å². The fourth-order valence-electron chi connectivity index (χ4n) is 5.17. The number of benzene rings is 1. The van der Waals surface area contributed by atoms with Gasteiger partial charge in [-0.1, -0.05) is 19.9 Å². The van der Waals surface area contributed by atoms with Crippen LogP contribution in [-0.4, -0.2) is 49.7 Å². The van der Waals surface area contributed by atoms with Crippen molar-refractivity contribution in [2.75, 3.05) is 26.9 Å². The highest BCUT2D eigenvalue weighted by molar-refractivity contribution is 5.70. The van der Waals surface area contributed by atoms with Crippen LogP contribution in [-0.2, 0) is 19.0 Å². The molecule has 1 unspecified atom stereocenters. The highest BCUT2D eigenvalue weighted by Crippen LogP contribution is 2.59. The van der Waals surface area contributed by atoms with Gasteiger partial charge in [0, 0.05) is 46.3 Å². The number of carbonyl (C=O) groups is 1. The van der Waals surface area contributed by atoms with Gasteiger partial charge in [-0.3, -0.25) is 4.79 Å². The fourth-order valence-corrected chi connectivity index (χ4v) is 5.17. The molecule has 0 amide bonds. The van der Waals surface area contributed by atoms with Crippen molar-refractivity contribution in [2.24, 2.45) is 5.92 Å². The van der Waals surface area contributed by atoms with Gasteiger partial charge in [0.05, 0.1) is 20.3 Å². The number of halogens is 5. The maximum Gasteiger partial charge on any atom is 0.417 e. The average molecular weight is 562 g/mol. The summed E-state index contributed by atoms with van der Waals surface area (Å²) < 4.78 is 92.1. The van der Waals surface area contributed by atoms with E-state index in [-0.39, 0.29) is 31.1 Å². The van der Waals surface area contributed by atoms with Crippen molar-refractivity contribution in [1.82, 2.24) is 4.98 Å². The van der Waals surface area contributed by atoms with Crippen molar-refractivity contribution in [3.63, 3.8) is 0 Å². The van der Waals surface area contributed by atoms with E-state index >= 15 is 0 Å². The third kappa shape index (κ3) is 5.81. The molecule has 1 N–H and O–H groups in total. The number of rotatable bonds is 9. The van der Waals surface area contributed by atoms with Gasteiger partial charge < -0.3 is 23.9 Å². The van der Waals surface area contributed by atoms with Crippen LogP contribution in [0.1, 0.15) is 68.1 Å². The van der Waals surface area contributed by atoms with Gasteiger partial charge in [0.15, 0.2) is 22.6 Å². The van der Waals surface area contributed by atoms with Gasteiger partial charge in [-0.15, -0.1) is 0 Å². The molecule has 1 fully saturated rings. The lowest BCUT2D eigenvalue weighted by atomic mass is 9.76. The van der Waals surface area contributed by atoms with E-state index in [0.717, 1.165) is 26.2 Å². The number of alkyl halides is 3. The van der Waals surface area contributed by atoms with Crippen molar-refractivity contribution >= 4 is 5.97 Å². The summed E-state index contributed by atoms with van der Waals surface area (Å²) in [5.74, 6) is -6.54. The van der Waals surface area contributed by atoms with E-state index in [1.807, 2.05) is 0 Å². The lowest BCUT2D eigenvalue weighted by Gasteiger charge is -2.32. The van der Waals surface area contributed by atoms with Crippen molar-refractivity contribution in [1.29, 1.82) is 0 Å². The zero-order chi connectivity index (χ0) is 29.3. The van der Waals surface area contributed by atoms with E-state index < -0.39 is 64.4 Å². The van der Waals surface area contributed by atoms with E-state index in [1.165, 1.54) is 13.0 Å². The second-order valence-electron chi connectivity index (χ2n) is 9.79. The third-order valence-corrected chi connectivity index (χ3v) is 7.29. The molecule has 0 aliphatic carbocycles. The Bertz CT molecular complexity index is 1260. The van der Waals surface area contributed by atoms with Gasteiger partial charge >= 0.3 is 12.1 Å². The fraction of sp³-hybridized carbons (Fsp3) is 0.556. The highest BCUT2D eigenvalue weighted by Gasteiger charge is 2.65. The predicted molar refractivity (Wildman–Crippen MR) is 131 cm³/mol. The van der Waals surface area contributed by atoms with Crippen LogP contribution in [0.5, 0.6) is 5.75 Å². The smallest absolute Gasteiger partial charge is 0.417 e. The number of hydrogen-bond acceptors (Lipinski definition) is 6. The zero-order valence-electron chi connectivity index (χ0n) is 22.5. The number of carbonyl (C=O) groups excluding carboxylic acids is 1.